The van der Waals surface area contributed by atoms with Gasteiger partial charge in [-0.05, 0) is 55.1 Å². The molecule has 3 rings (SSSR count). The standard InChI is InChI=1S/C26H36N2O5/c1-18(2)17-33-25-14-21(9-11-23(25)31-4)27-26(29)20-7-6-12-28(16-20)15-19-8-10-22(30-3)24(13-19)32-5/h8-11,13-14,18,20H,6-7,12,15-17H2,1-5H3,(H,27,29). The number of rotatable bonds is 10. The van der Waals surface area contributed by atoms with Gasteiger partial charge >= 0.3 is 0 Å². The quantitative estimate of drug-likeness (QED) is 0.564. The molecule has 1 atom stereocenters. The third-order valence-electron chi connectivity index (χ3n) is 5.73. The van der Waals surface area contributed by atoms with Crippen molar-refractivity contribution in [2.24, 2.45) is 11.8 Å². The fraction of sp³-hybridized carbons (Fsp3) is 0.500. The van der Waals surface area contributed by atoms with E-state index in [1.807, 2.05) is 36.4 Å². The lowest BCUT2D eigenvalue weighted by Gasteiger charge is -2.32. The predicted octanol–water partition coefficient (Wildman–Crippen LogP) is 4.60. The van der Waals surface area contributed by atoms with Crippen LogP contribution in [0.2, 0.25) is 0 Å². The average molecular weight is 457 g/mol. The van der Waals surface area contributed by atoms with Crippen molar-refractivity contribution >= 4 is 11.6 Å². The van der Waals surface area contributed by atoms with E-state index in [0.717, 1.165) is 42.9 Å². The highest BCUT2D eigenvalue weighted by Gasteiger charge is 2.26. The van der Waals surface area contributed by atoms with Crippen molar-refractivity contribution in [3.8, 4) is 23.0 Å². The minimum absolute atomic E-state index is 0.0342. The SMILES string of the molecule is COc1ccc(CN2CCCC(C(=O)Nc3ccc(OC)c(OCC(C)C)c3)C2)cc1OC. The van der Waals surface area contributed by atoms with Crippen LogP contribution in [0.15, 0.2) is 36.4 Å². The first kappa shape index (κ1) is 24.7. The van der Waals surface area contributed by atoms with E-state index in [2.05, 4.69) is 24.1 Å². The third-order valence-corrected chi connectivity index (χ3v) is 5.73. The molecule has 33 heavy (non-hydrogen) atoms. The monoisotopic (exact) mass is 456 g/mol. The highest BCUT2D eigenvalue weighted by molar-refractivity contribution is 5.93. The lowest BCUT2D eigenvalue weighted by Crippen LogP contribution is -2.40. The van der Waals surface area contributed by atoms with Gasteiger partial charge in [-0.15, -0.1) is 0 Å². The molecule has 1 aliphatic rings. The van der Waals surface area contributed by atoms with Crippen LogP contribution < -0.4 is 24.3 Å². The summed E-state index contributed by atoms with van der Waals surface area (Å²) in [5, 5.41) is 3.07. The van der Waals surface area contributed by atoms with Crippen LogP contribution in [0.4, 0.5) is 5.69 Å². The van der Waals surface area contributed by atoms with E-state index < -0.39 is 0 Å². The number of hydrogen-bond donors (Lipinski definition) is 1. The molecule has 0 spiro atoms. The van der Waals surface area contributed by atoms with Crippen LogP contribution in [-0.2, 0) is 11.3 Å². The van der Waals surface area contributed by atoms with Crippen molar-refractivity contribution in [2.75, 3.05) is 46.3 Å². The Morgan fingerprint density at radius 1 is 1.00 bits per heavy atom. The van der Waals surface area contributed by atoms with E-state index in [1.54, 1.807) is 21.3 Å². The van der Waals surface area contributed by atoms with Gasteiger partial charge in [0.1, 0.15) is 0 Å². The molecule has 2 aromatic rings. The van der Waals surface area contributed by atoms with Crippen LogP contribution in [0.5, 0.6) is 23.0 Å². The fourth-order valence-corrected chi connectivity index (χ4v) is 4.02. The zero-order chi connectivity index (χ0) is 23.8. The third kappa shape index (κ3) is 6.78. The molecule has 7 heteroatoms. The maximum absolute atomic E-state index is 13.0. The first-order valence-corrected chi connectivity index (χ1v) is 11.5. The van der Waals surface area contributed by atoms with Crippen LogP contribution in [0.3, 0.4) is 0 Å². The largest absolute Gasteiger partial charge is 0.493 e. The summed E-state index contributed by atoms with van der Waals surface area (Å²) in [7, 11) is 4.89. The van der Waals surface area contributed by atoms with Gasteiger partial charge < -0.3 is 24.3 Å². The number of nitrogens with one attached hydrogen (secondary N) is 1. The molecule has 0 bridgehead atoms. The Labute approximate surface area is 197 Å². The summed E-state index contributed by atoms with van der Waals surface area (Å²) in [5.74, 6) is 3.10. The van der Waals surface area contributed by atoms with Gasteiger partial charge in [0.15, 0.2) is 23.0 Å². The summed E-state index contributed by atoms with van der Waals surface area (Å²) >= 11 is 0. The van der Waals surface area contributed by atoms with Gasteiger partial charge in [0.05, 0.1) is 33.9 Å². The Bertz CT molecular complexity index is 931. The van der Waals surface area contributed by atoms with Gasteiger partial charge in [0.25, 0.3) is 0 Å². The van der Waals surface area contributed by atoms with E-state index in [1.165, 1.54) is 0 Å². The van der Waals surface area contributed by atoms with E-state index in [0.29, 0.717) is 36.3 Å². The first-order chi connectivity index (χ1) is 15.9. The molecular formula is C26H36N2O5. The highest BCUT2D eigenvalue weighted by Crippen LogP contribution is 2.32. The Kier molecular flexibility index (Phi) is 8.83. The van der Waals surface area contributed by atoms with Crippen molar-refractivity contribution in [3.05, 3.63) is 42.0 Å². The zero-order valence-electron chi connectivity index (χ0n) is 20.3. The number of carbonyl (C=O) groups excluding carboxylic acids is 1. The van der Waals surface area contributed by atoms with Crippen molar-refractivity contribution in [1.29, 1.82) is 0 Å². The van der Waals surface area contributed by atoms with Gasteiger partial charge in [-0.1, -0.05) is 19.9 Å². The van der Waals surface area contributed by atoms with E-state index >= 15 is 0 Å². The van der Waals surface area contributed by atoms with Crippen molar-refractivity contribution in [2.45, 2.75) is 33.2 Å². The van der Waals surface area contributed by atoms with Gasteiger partial charge in [-0.3, -0.25) is 9.69 Å². The fourth-order valence-electron chi connectivity index (χ4n) is 4.02. The number of carbonyl (C=O) groups is 1. The second-order valence-electron chi connectivity index (χ2n) is 8.82. The highest BCUT2D eigenvalue weighted by atomic mass is 16.5. The molecule has 1 fully saturated rings. The van der Waals surface area contributed by atoms with Crippen LogP contribution >= 0.6 is 0 Å². The zero-order valence-corrected chi connectivity index (χ0v) is 20.3. The molecule has 1 heterocycles. The summed E-state index contributed by atoms with van der Waals surface area (Å²) in [6.07, 6.45) is 1.86. The molecule has 1 amide bonds. The Hall–Kier alpha value is -2.93. The Morgan fingerprint density at radius 2 is 1.70 bits per heavy atom. The maximum atomic E-state index is 13.0. The molecule has 0 aliphatic carbocycles. The molecule has 0 radical (unpaired) electrons. The van der Waals surface area contributed by atoms with Crippen LogP contribution in [0.1, 0.15) is 32.3 Å². The molecule has 0 aromatic heterocycles. The summed E-state index contributed by atoms with van der Waals surface area (Å²) in [5.41, 5.74) is 1.85. The number of methoxy groups -OCH3 is 3. The number of nitrogens with zero attached hydrogens (tertiary/aromatic N) is 1. The maximum Gasteiger partial charge on any atom is 0.228 e. The minimum Gasteiger partial charge on any atom is -0.493 e. The lowest BCUT2D eigenvalue weighted by molar-refractivity contribution is -0.121. The number of benzene rings is 2. The van der Waals surface area contributed by atoms with E-state index in [4.69, 9.17) is 18.9 Å². The van der Waals surface area contributed by atoms with Crippen LogP contribution in [0.25, 0.3) is 0 Å². The molecule has 1 unspecified atom stereocenters. The van der Waals surface area contributed by atoms with Crippen molar-refractivity contribution < 1.29 is 23.7 Å². The first-order valence-electron chi connectivity index (χ1n) is 11.5. The van der Waals surface area contributed by atoms with E-state index in [9.17, 15) is 4.79 Å². The van der Waals surface area contributed by atoms with Gasteiger partial charge in [0.2, 0.25) is 5.91 Å². The second kappa shape index (κ2) is 11.8. The topological polar surface area (TPSA) is 69.3 Å². The number of hydrogen-bond acceptors (Lipinski definition) is 6. The Balaban J connectivity index is 1.62. The number of likely N-dealkylation sites (tertiary alicyclic amines) is 1. The molecular weight excluding hydrogens is 420 g/mol. The predicted molar refractivity (Wildman–Crippen MR) is 130 cm³/mol. The smallest absolute Gasteiger partial charge is 0.228 e. The van der Waals surface area contributed by atoms with Crippen molar-refractivity contribution in [1.82, 2.24) is 4.90 Å². The lowest BCUT2D eigenvalue weighted by atomic mass is 9.96. The van der Waals surface area contributed by atoms with Crippen molar-refractivity contribution in [3.63, 3.8) is 0 Å². The summed E-state index contributed by atoms with van der Waals surface area (Å²) in [6.45, 7) is 7.21. The van der Waals surface area contributed by atoms with Gasteiger partial charge in [-0.2, -0.15) is 0 Å². The van der Waals surface area contributed by atoms with E-state index in [-0.39, 0.29) is 11.8 Å². The number of amides is 1. The molecule has 1 saturated heterocycles. The number of piperidine rings is 1. The summed E-state index contributed by atoms with van der Waals surface area (Å²) < 4.78 is 22.0. The molecule has 0 saturated carbocycles. The van der Waals surface area contributed by atoms with Crippen LogP contribution in [-0.4, -0.2) is 51.8 Å². The molecule has 180 valence electrons. The number of ether oxygens (including phenoxy) is 4. The van der Waals surface area contributed by atoms with Crippen LogP contribution in [0, 0.1) is 11.8 Å². The van der Waals surface area contributed by atoms with Gasteiger partial charge in [-0.25, -0.2) is 0 Å². The summed E-state index contributed by atoms with van der Waals surface area (Å²) in [4.78, 5) is 15.4. The minimum atomic E-state index is -0.0685. The molecule has 1 N–H and O–H groups in total. The van der Waals surface area contributed by atoms with Gasteiger partial charge in [0, 0.05) is 24.8 Å². The average Bonchev–Trinajstić information content (AvgIpc) is 2.82. The molecule has 7 nitrogen and oxygen atoms in total. The molecule has 1 aliphatic heterocycles. The number of anilines is 1. The summed E-state index contributed by atoms with van der Waals surface area (Å²) in [6, 6.07) is 11.5. The Morgan fingerprint density at radius 3 is 2.39 bits per heavy atom. The molecule has 2 aromatic carbocycles. The normalized spacial score (nSPS) is 16.4. The second-order valence-corrected chi connectivity index (χ2v) is 8.82.